The molecule has 0 fully saturated rings. The van der Waals surface area contributed by atoms with Gasteiger partial charge in [0.25, 0.3) is 0 Å². The number of rotatable bonds is 6. The lowest BCUT2D eigenvalue weighted by Crippen LogP contribution is -2.34. The number of nitrogens with zero attached hydrogens (tertiary/aromatic N) is 1. The SMILES string of the molecule is C=C(C)CNC(N)=NCC(C)(C)c1cccc(OC)c1. The number of methoxy groups -OCH3 is 1. The Morgan fingerprint density at radius 1 is 1.45 bits per heavy atom. The van der Waals surface area contributed by atoms with Gasteiger partial charge in [0, 0.05) is 12.0 Å². The molecule has 110 valence electrons. The Hall–Kier alpha value is -1.97. The van der Waals surface area contributed by atoms with Gasteiger partial charge in [-0.1, -0.05) is 38.1 Å². The first kappa shape index (κ1) is 16.1. The first-order valence-corrected chi connectivity index (χ1v) is 6.68. The fraction of sp³-hybridized carbons (Fsp3) is 0.438. The average molecular weight is 275 g/mol. The van der Waals surface area contributed by atoms with Crippen LogP contribution in [0.5, 0.6) is 5.75 Å². The zero-order valence-corrected chi connectivity index (χ0v) is 12.9. The smallest absolute Gasteiger partial charge is 0.188 e. The number of benzene rings is 1. The molecule has 1 aromatic carbocycles. The van der Waals surface area contributed by atoms with E-state index in [1.165, 1.54) is 5.56 Å². The highest BCUT2D eigenvalue weighted by molar-refractivity contribution is 5.78. The minimum atomic E-state index is -0.107. The Kier molecular flexibility index (Phi) is 5.62. The Morgan fingerprint density at radius 2 is 2.15 bits per heavy atom. The van der Waals surface area contributed by atoms with Gasteiger partial charge in [-0.2, -0.15) is 0 Å². The number of aliphatic imine (C=N–C) groups is 1. The number of nitrogens with one attached hydrogen (secondary N) is 1. The third kappa shape index (κ3) is 4.96. The lowest BCUT2D eigenvalue weighted by molar-refractivity contribution is 0.412. The molecule has 0 aliphatic heterocycles. The van der Waals surface area contributed by atoms with Crippen molar-refractivity contribution in [3.05, 3.63) is 42.0 Å². The van der Waals surface area contributed by atoms with E-state index in [1.807, 2.05) is 25.1 Å². The van der Waals surface area contributed by atoms with Crippen LogP contribution >= 0.6 is 0 Å². The molecule has 1 aromatic rings. The summed E-state index contributed by atoms with van der Waals surface area (Å²) in [5.41, 5.74) is 7.93. The molecule has 0 aromatic heterocycles. The molecule has 0 aliphatic carbocycles. The molecule has 0 radical (unpaired) electrons. The van der Waals surface area contributed by atoms with Gasteiger partial charge in [0.1, 0.15) is 5.75 Å². The lowest BCUT2D eigenvalue weighted by atomic mass is 9.85. The predicted octanol–water partition coefficient (Wildman–Crippen LogP) is 2.45. The summed E-state index contributed by atoms with van der Waals surface area (Å²) in [5.74, 6) is 1.30. The summed E-state index contributed by atoms with van der Waals surface area (Å²) in [6.45, 7) is 11.3. The van der Waals surface area contributed by atoms with Crippen molar-refractivity contribution in [2.75, 3.05) is 20.2 Å². The maximum Gasteiger partial charge on any atom is 0.188 e. The summed E-state index contributed by atoms with van der Waals surface area (Å²) >= 11 is 0. The molecule has 4 nitrogen and oxygen atoms in total. The van der Waals surface area contributed by atoms with E-state index < -0.39 is 0 Å². The summed E-state index contributed by atoms with van der Waals surface area (Å²) in [5, 5.41) is 3.03. The third-order valence-corrected chi connectivity index (χ3v) is 3.07. The van der Waals surface area contributed by atoms with E-state index >= 15 is 0 Å². The maximum absolute atomic E-state index is 5.84. The van der Waals surface area contributed by atoms with Crippen molar-refractivity contribution in [1.82, 2.24) is 5.32 Å². The third-order valence-electron chi connectivity index (χ3n) is 3.07. The molecular formula is C16H25N3O. The van der Waals surface area contributed by atoms with Crippen LogP contribution in [0.4, 0.5) is 0 Å². The van der Waals surface area contributed by atoms with Gasteiger partial charge in [-0.25, -0.2) is 0 Å². The van der Waals surface area contributed by atoms with Crippen LogP contribution < -0.4 is 15.8 Å². The van der Waals surface area contributed by atoms with Crippen molar-refractivity contribution in [3.63, 3.8) is 0 Å². The van der Waals surface area contributed by atoms with Gasteiger partial charge < -0.3 is 15.8 Å². The number of hydrogen-bond donors (Lipinski definition) is 2. The van der Waals surface area contributed by atoms with E-state index in [2.05, 4.69) is 36.8 Å². The first-order chi connectivity index (χ1) is 9.35. The zero-order valence-electron chi connectivity index (χ0n) is 12.9. The predicted molar refractivity (Wildman–Crippen MR) is 85.3 cm³/mol. The molecule has 3 N–H and O–H groups in total. The second kappa shape index (κ2) is 6.98. The molecule has 1 rings (SSSR count). The molecule has 0 amide bonds. The van der Waals surface area contributed by atoms with Crippen molar-refractivity contribution < 1.29 is 4.74 Å². The second-order valence-electron chi connectivity index (χ2n) is 5.63. The van der Waals surface area contributed by atoms with E-state index in [9.17, 15) is 0 Å². The highest BCUT2D eigenvalue weighted by Crippen LogP contribution is 2.26. The highest BCUT2D eigenvalue weighted by atomic mass is 16.5. The molecule has 4 heteroatoms. The molecule has 0 atom stereocenters. The first-order valence-electron chi connectivity index (χ1n) is 6.68. The van der Waals surface area contributed by atoms with Crippen molar-refractivity contribution in [2.24, 2.45) is 10.7 Å². The van der Waals surface area contributed by atoms with Crippen molar-refractivity contribution in [3.8, 4) is 5.75 Å². The monoisotopic (exact) mass is 275 g/mol. The molecule has 0 aliphatic rings. The highest BCUT2D eigenvalue weighted by Gasteiger charge is 2.20. The Morgan fingerprint density at radius 3 is 2.75 bits per heavy atom. The van der Waals surface area contributed by atoms with Crippen molar-refractivity contribution in [1.29, 1.82) is 0 Å². The lowest BCUT2D eigenvalue weighted by Gasteiger charge is -2.23. The van der Waals surface area contributed by atoms with E-state index in [1.54, 1.807) is 7.11 Å². The fourth-order valence-electron chi connectivity index (χ4n) is 1.72. The quantitative estimate of drug-likeness (QED) is 0.476. The molecule has 0 saturated heterocycles. The van der Waals surface area contributed by atoms with Crippen LogP contribution in [-0.4, -0.2) is 26.2 Å². The molecule has 0 spiro atoms. The largest absolute Gasteiger partial charge is 0.497 e. The number of nitrogens with two attached hydrogens (primary N) is 1. The summed E-state index contributed by atoms with van der Waals surface area (Å²) in [4.78, 5) is 4.40. The second-order valence-corrected chi connectivity index (χ2v) is 5.63. The van der Waals surface area contributed by atoms with Crippen LogP contribution in [-0.2, 0) is 5.41 Å². The maximum atomic E-state index is 5.84. The topological polar surface area (TPSA) is 59.6 Å². The van der Waals surface area contributed by atoms with Gasteiger partial charge in [0.05, 0.1) is 13.7 Å². The van der Waals surface area contributed by atoms with Gasteiger partial charge in [0.2, 0.25) is 0 Å². The van der Waals surface area contributed by atoms with Crippen LogP contribution in [0.25, 0.3) is 0 Å². The van der Waals surface area contributed by atoms with Gasteiger partial charge in [0.15, 0.2) is 5.96 Å². The summed E-state index contributed by atoms with van der Waals surface area (Å²) in [6, 6.07) is 8.04. The van der Waals surface area contributed by atoms with E-state index in [0.29, 0.717) is 19.0 Å². The van der Waals surface area contributed by atoms with Crippen LogP contribution in [0.15, 0.2) is 41.4 Å². The van der Waals surface area contributed by atoms with Crippen molar-refractivity contribution in [2.45, 2.75) is 26.2 Å². The van der Waals surface area contributed by atoms with Crippen LogP contribution in [0.1, 0.15) is 26.3 Å². The standard InChI is InChI=1S/C16H25N3O/c1-12(2)10-18-15(17)19-11-16(3,4)13-7-6-8-14(9-13)20-5/h6-9H,1,10-11H2,2-5H3,(H3,17,18,19). The Labute approximate surface area is 121 Å². The average Bonchev–Trinajstić information content (AvgIpc) is 2.43. The number of hydrogen-bond acceptors (Lipinski definition) is 2. The van der Waals surface area contributed by atoms with E-state index in [0.717, 1.165) is 11.3 Å². The Bertz CT molecular complexity index is 492. The number of ether oxygens (including phenoxy) is 1. The molecule has 0 bridgehead atoms. The van der Waals surface area contributed by atoms with Crippen molar-refractivity contribution >= 4 is 5.96 Å². The van der Waals surface area contributed by atoms with Gasteiger partial charge in [-0.3, -0.25) is 4.99 Å². The summed E-state index contributed by atoms with van der Waals surface area (Å²) in [6.07, 6.45) is 0. The summed E-state index contributed by atoms with van der Waals surface area (Å²) in [7, 11) is 1.67. The van der Waals surface area contributed by atoms with Gasteiger partial charge >= 0.3 is 0 Å². The van der Waals surface area contributed by atoms with Gasteiger partial charge in [-0.15, -0.1) is 0 Å². The summed E-state index contributed by atoms with van der Waals surface area (Å²) < 4.78 is 5.26. The zero-order chi connectivity index (χ0) is 15.2. The molecule has 0 saturated carbocycles. The minimum Gasteiger partial charge on any atom is -0.497 e. The van der Waals surface area contributed by atoms with E-state index in [-0.39, 0.29) is 5.41 Å². The molecule has 0 unspecified atom stereocenters. The molecule has 0 heterocycles. The van der Waals surface area contributed by atoms with Crippen LogP contribution in [0.3, 0.4) is 0 Å². The minimum absolute atomic E-state index is 0.107. The normalized spacial score (nSPS) is 12.1. The fourth-order valence-corrected chi connectivity index (χ4v) is 1.72. The van der Waals surface area contributed by atoms with Gasteiger partial charge in [-0.05, 0) is 24.6 Å². The van der Waals surface area contributed by atoms with E-state index in [4.69, 9.17) is 10.5 Å². The molecule has 20 heavy (non-hydrogen) atoms. The van der Waals surface area contributed by atoms with Crippen LogP contribution in [0.2, 0.25) is 0 Å². The number of guanidine groups is 1. The van der Waals surface area contributed by atoms with Crippen LogP contribution in [0, 0.1) is 0 Å². The Balaban J connectivity index is 2.73. The molecular weight excluding hydrogens is 250 g/mol.